The molecule has 0 unspecified atom stereocenters. The molecule has 3 rings (SSSR count). The Balaban J connectivity index is 1.78. The molecule has 0 saturated carbocycles. The van der Waals surface area contributed by atoms with Crippen molar-refractivity contribution in [1.29, 1.82) is 0 Å². The number of aromatic amines is 1. The maximum atomic E-state index is 12.3. The minimum Gasteiger partial charge on any atom is -0.463 e. The Morgan fingerprint density at radius 3 is 2.70 bits per heavy atom. The molecular weight excluding hydrogens is 374 g/mol. The lowest BCUT2D eigenvalue weighted by molar-refractivity contribution is -0.142. The van der Waals surface area contributed by atoms with E-state index in [4.69, 9.17) is 15.2 Å². The van der Waals surface area contributed by atoms with Crippen LogP contribution in [0.5, 0.6) is 0 Å². The van der Waals surface area contributed by atoms with Gasteiger partial charge in [-0.2, -0.15) is 8.42 Å². The lowest BCUT2D eigenvalue weighted by Crippen LogP contribution is -2.39. The number of benzene rings is 1. The Morgan fingerprint density at radius 2 is 2.00 bits per heavy atom. The van der Waals surface area contributed by atoms with Crippen LogP contribution in [0.1, 0.15) is 24.0 Å². The number of nitrogens with zero attached hydrogens (tertiary/aromatic N) is 3. The van der Waals surface area contributed by atoms with Crippen molar-refractivity contribution in [2.24, 2.45) is 10.1 Å². The van der Waals surface area contributed by atoms with E-state index in [-0.39, 0.29) is 31.6 Å². The van der Waals surface area contributed by atoms with Crippen molar-refractivity contribution in [1.82, 2.24) is 9.97 Å². The fraction of sp³-hybridized carbons (Fsp3) is 0.312. The number of ether oxygens (including phenoxy) is 2. The maximum Gasteiger partial charge on any atom is 0.349 e. The second-order valence-corrected chi connectivity index (χ2v) is 7.24. The first kappa shape index (κ1) is 18.9. The number of esters is 1. The number of hydrogen-bond donors (Lipinski definition) is 2. The standard InChI is InChI=1S/C16H19N5O5S/c1-11(22)26-8-7-25-10-21-16-14(15(17)20-27(21,23)24)18-13(19-16)9-12-5-3-2-4-6-12/h2-6H,7-10H2,1H3,(H2,17,20)(H,18,19). The molecule has 144 valence electrons. The van der Waals surface area contributed by atoms with Gasteiger partial charge in [-0.1, -0.05) is 30.3 Å². The number of anilines is 1. The van der Waals surface area contributed by atoms with E-state index in [0.717, 1.165) is 9.87 Å². The molecule has 10 nitrogen and oxygen atoms in total. The molecule has 0 atom stereocenters. The molecule has 2 heterocycles. The average Bonchev–Trinajstić information content (AvgIpc) is 3.01. The predicted octanol–water partition coefficient (Wildman–Crippen LogP) is 0.308. The molecule has 0 radical (unpaired) electrons. The van der Waals surface area contributed by atoms with Crippen molar-refractivity contribution < 1.29 is 22.7 Å². The number of carbonyl (C=O) groups excluding carboxylic acids is 1. The van der Waals surface area contributed by atoms with E-state index in [1.807, 2.05) is 30.3 Å². The van der Waals surface area contributed by atoms with Crippen molar-refractivity contribution >= 4 is 27.8 Å². The zero-order valence-electron chi connectivity index (χ0n) is 14.6. The molecule has 0 saturated heterocycles. The normalized spacial score (nSPS) is 15.1. The maximum absolute atomic E-state index is 12.3. The van der Waals surface area contributed by atoms with Gasteiger partial charge in [0, 0.05) is 13.3 Å². The van der Waals surface area contributed by atoms with Gasteiger partial charge in [-0.25, -0.2) is 9.29 Å². The fourth-order valence-corrected chi connectivity index (χ4v) is 3.49. The summed E-state index contributed by atoms with van der Waals surface area (Å²) in [5.74, 6) is 0.0713. The number of nitrogens with one attached hydrogen (secondary N) is 1. The monoisotopic (exact) mass is 393 g/mol. The van der Waals surface area contributed by atoms with E-state index in [1.54, 1.807) is 0 Å². The number of imidazole rings is 1. The zero-order valence-corrected chi connectivity index (χ0v) is 15.4. The van der Waals surface area contributed by atoms with Gasteiger partial charge in [-0.15, -0.1) is 4.40 Å². The number of fused-ring (bicyclic) bond motifs is 1. The van der Waals surface area contributed by atoms with E-state index in [9.17, 15) is 13.2 Å². The first-order valence-corrected chi connectivity index (χ1v) is 9.49. The van der Waals surface area contributed by atoms with Crippen LogP contribution in [0.15, 0.2) is 34.7 Å². The molecule has 1 aliphatic rings. The smallest absolute Gasteiger partial charge is 0.349 e. The summed E-state index contributed by atoms with van der Waals surface area (Å²) in [6.07, 6.45) is 0.475. The third-order valence-corrected chi connectivity index (χ3v) is 4.94. The van der Waals surface area contributed by atoms with Gasteiger partial charge in [-0.3, -0.25) is 4.79 Å². The third-order valence-electron chi connectivity index (χ3n) is 3.67. The van der Waals surface area contributed by atoms with E-state index in [1.165, 1.54) is 6.92 Å². The molecule has 0 amide bonds. The van der Waals surface area contributed by atoms with Gasteiger partial charge in [0.05, 0.1) is 6.61 Å². The van der Waals surface area contributed by atoms with Crippen molar-refractivity contribution in [3.8, 4) is 0 Å². The zero-order chi connectivity index (χ0) is 19.4. The van der Waals surface area contributed by atoms with Gasteiger partial charge in [0.15, 0.2) is 11.7 Å². The first-order chi connectivity index (χ1) is 12.9. The number of hydrogen-bond acceptors (Lipinski definition) is 7. The quantitative estimate of drug-likeness (QED) is 0.509. The van der Waals surface area contributed by atoms with Crippen molar-refractivity contribution in [2.45, 2.75) is 13.3 Å². The molecule has 0 spiro atoms. The minimum atomic E-state index is -4.07. The fourth-order valence-electron chi connectivity index (χ4n) is 2.49. The van der Waals surface area contributed by atoms with Gasteiger partial charge in [0.1, 0.15) is 24.9 Å². The van der Waals surface area contributed by atoms with Gasteiger partial charge in [0.2, 0.25) is 0 Å². The Hall–Kier alpha value is -2.92. The number of rotatable bonds is 7. The number of H-pyrrole nitrogens is 1. The van der Waals surface area contributed by atoms with Crippen molar-refractivity contribution in [3.05, 3.63) is 47.4 Å². The van der Waals surface area contributed by atoms with Crippen molar-refractivity contribution in [3.63, 3.8) is 0 Å². The molecular formula is C16H19N5O5S. The van der Waals surface area contributed by atoms with E-state index >= 15 is 0 Å². The number of carbonyl (C=O) groups is 1. The highest BCUT2D eigenvalue weighted by molar-refractivity contribution is 7.91. The van der Waals surface area contributed by atoms with Crippen LogP contribution in [-0.4, -0.2) is 50.1 Å². The predicted molar refractivity (Wildman–Crippen MR) is 97.4 cm³/mol. The van der Waals surface area contributed by atoms with Gasteiger partial charge in [0.25, 0.3) is 0 Å². The molecule has 1 aromatic carbocycles. The Kier molecular flexibility index (Phi) is 5.42. The molecule has 3 N–H and O–H groups in total. The Morgan fingerprint density at radius 1 is 1.26 bits per heavy atom. The molecule has 0 fully saturated rings. The highest BCUT2D eigenvalue weighted by atomic mass is 32.2. The molecule has 27 heavy (non-hydrogen) atoms. The summed E-state index contributed by atoms with van der Waals surface area (Å²) in [5, 5.41) is 0. The van der Waals surface area contributed by atoms with Crippen LogP contribution in [0.2, 0.25) is 0 Å². The Labute approximate surface area is 156 Å². The van der Waals surface area contributed by atoms with Crippen LogP contribution in [0.4, 0.5) is 5.82 Å². The number of aromatic nitrogens is 2. The van der Waals surface area contributed by atoms with Gasteiger partial charge >= 0.3 is 16.2 Å². The second-order valence-electron chi connectivity index (χ2n) is 5.72. The van der Waals surface area contributed by atoms with Crippen LogP contribution in [0.3, 0.4) is 0 Å². The average molecular weight is 393 g/mol. The number of amidine groups is 1. The highest BCUT2D eigenvalue weighted by Crippen LogP contribution is 2.27. The van der Waals surface area contributed by atoms with Gasteiger partial charge in [-0.05, 0) is 5.56 Å². The summed E-state index contributed by atoms with van der Waals surface area (Å²) in [7, 11) is -4.07. The largest absolute Gasteiger partial charge is 0.463 e. The van der Waals surface area contributed by atoms with E-state index in [0.29, 0.717) is 17.9 Å². The SMILES string of the molecule is CC(=O)OCCOCN1c2nc(Cc3ccccc3)[nH]c2C(N)=NS1(=O)=O. The highest BCUT2D eigenvalue weighted by Gasteiger charge is 2.34. The summed E-state index contributed by atoms with van der Waals surface area (Å²) in [6, 6.07) is 9.59. The molecule has 0 aliphatic carbocycles. The van der Waals surface area contributed by atoms with E-state index < -0.39 is 16.2 Å². The van der Waals surface area contributed by atoms with Crippen molar-refractivity contribution in [2.75, 3.05) is 24.2 Å². The molecule has 2 aromatic rings. The lowest BCUT2D eigenvalue weighted by atomic mass is 10.1. The summed E-state index contributed by atoms with van der Waals surface area (Å²) < 4.78 is 39.1. The van der Waals surface area contributed by atoms with E-state index in [2.05, 4.69) is 14.4 Å². The molecule has 1 aromatic heterocycles. The summed E-state index contributed by atoms with van der Waals surface area (Å²) in [5.41, 5.74) is 7.10. The molecule has 0 bridgehead atoms. The van der Waals surface area contributed by atoms with Crippen LogP contribution in [0, 0.1) is 0 Å². The topological polar surface area (TPSA) is 140 Å². The third kappa shape index (κ3) is 4.44. The number of nitrogens with two attached hydrogens (primary N) is 1. The van der Waals surface area contributed by atoms with Crippen LogP contribution >= 0.6 is 0 Å². The Bertz CT molecular complexity index is 955. The van der Waals surface area contributed by atoms with Crippen LogP contribution in [-0.2, 0) is 30.9 Å². The van der Waals surface area contributed by atoms with Gasteiger partial charge < -0.3 is 20.2 Å². The first-order valence-electron chi connectivity index (χ1n) is 8.09. The lowest BCUT2D eigenvalue weighted by Gasteiger charge is -2.23. The second kappa shape index (κ2) is 7.76. The molecule has 1 aliphatic heterocycles. The summed E-state index contributed by atoms with van der Waals surface area (Å²) >= 11 is 0. The minimum absolute atomic E-state index is 0.0152. The summed E-state index contributed by atoms with van der Waals surface area (Å²) in [4.78, 5) is 18.1. The summed E-state index contributed by atoms with van der Waals surface area (Å²) in [6.45, 7) is 0.989. The van der Waals surface area contributed by atoms with Crippen LogP contribution in [0.25, 0.3) is 0 Å². The molecule has 11 heteroatoms. The van der Waals surface area contributed by atoms with Crippen LogP contribution < -0.4 is 10.0 Å².